The van der Waals surface area contributed by atoms with Crippen molar-refractivity contribution in [3.63, 3.8) is 0 Å². The molecule has 0 aromatic rings. The van der Waals surface area contributed by atoms with E-state index in [1.165, 1.54) is 70.6 Å². The summed E-state index contributed by atoms with van der Waals surface area (Å²) in [6.45, 7) is 10.2. The van der Waals surface area contributed by atoms with Gasteiger partial charge in [-0.3, -0.25) is 4.90 Å². The van der Waals surface area contributed by atoms with Gasteiger partial charge in [-0.05, 0) is 80.5 Å². The molecule has 0 aromatic carbocycles. The zero-order chi connectivity index (χ0) is 16.9. The first-order valence-electron chi connectivity index (χ1n) is 11.1. The quantitative estimate of drug-likeness (QED) is 0.536. The molecule has 0 radical (unpaired) electrons. The summed E-state index contributed by atoms with van der Waals surface area (Å²) in [5.74, 6) is 2.03. The van der Waals surface area contributed by atoms with Crippen LogP contribution in [0.5, 0.6) is 0 Å². The van der Waals surface area contributed by atoms with E-state index in [0.29, 0.717) is 10.8 Å². The molecule has 1 heteroatoms. The van der Waals surface area contributed by atoms with Crippen molar-refractivity contribution in [2.45, 2.75) is 123 Å². The normalized spacial score (nSPS) is 43.0. The van der Waals surface area contributed by atoms with Gasteiger partial charge in [0.05, 0.1) is 0 Å². The van der Waals surface area contributed by atoms with Gasteiger partial charge in [0.25, 0.3) is 0 Å². The lowest BCUT2D eigenvalue weighted by Crippen LogP contribution is -2.63. The lowest BCUT2D eigenvalue weighted by Gasteiger charge is -2.60. The van der Waals surface area contributed by atoms with Gasteiger partial charge in [-0.25, -0.2) is 0 Å². The van der Waals surface area contributed by atoms with Crippen LogP contribution in [0.25, 0.3) is 0 Å². The van der Waals surface area contributed by atoms with Crippen LogP contribution in [0.3, 0.4) is 0 Å². The molecule has 0 bridgehead atoms. The molecule has 0 spiro atoms. The summed E-state index contributed by atoms with van der Waals surface area (Å²) in [7, 11) is 0. The monoisotopic (exact) mass is 331 g/mol. The number of fused-ring (bicyclic) bond motifs is 2. The molecule has 0 amide bonds. The fourth-order valence-electron chi connectivity index (χ4n) is 7.01. The highest BCUT2D eigenvalue weighted by atomic mass is 15.2. The molecule has 4 aliphatic rings. The van der Waals surface area contributed by atoms with Gasteiger partial charge in [0.2, 0.25) is 0 Å². The van der Waals surface area contributed by atoms with Crippen molar-refractivity contribution in [3.05, 3.63) is 0 Å². The molecule has 4 atom stereocenters. The average molecular weight is 332 g/mol. The second-order valence-corrected chi connectivity index (χ2v) is 11.4. The Morgan fingerprint density at radius 3 is 1.67 bits per heavy atom. The van der Waals surface area contributed by atoms with E-state index >= 15 is 0 Å². The lowest BCUT2D eigenvalue weighted by atomic mass is 9.59. The molecule has 1 aliphatic heterocycles. The standard InChI is InChI=1S/C23H41N/c1-22(2)12-10-17-14-18-11-13-23(3,4)16-21(18)24(20(17)15-22)19-8-6-5-7-9-19/h17-21H,5-16H2,1-4H3/t17-,18-,20-,21-/m0/s1. The Hall–Kier alpha value is -0.0400. The maximum atomic E-state index is 3.18. The molecule has 138 valence electrons. The summed E-state index contributed by atoms with van der Waals surface area (Å²) in [4.78, 5) is 3.18. The second-order valence-electron chi connectivity index (χ2n) is 11.4. The van der Waals surface area contributed by atoms with Crippen molar-refractivity contribution >= 4 is 0 Å². The van der Waals surface area contributed by atoms with Crippen molar-refractivity contribution in [3.8, 4) is 0 Å². The highest BCUT2D eigenvalue weighted by Crippen LogP contribution is 2.53. The maximum absolute atomic E-state index is 3.18. The first-order valence-corrected chi connectivity index (χ1v) is 11.1. The fraction of sp³-hybridized carbons (Fsp3) is 1.00. The van der Waals surface area contributed by atoms with Crippen LogP contribution in [-0.2, 0) is 0 Å². The van der Waals surface area contributed by atoms with Gasteiger partial charge >= 0.3 is 0 Å². The van der Waals surface area contributed by atoms with Crippen molar-refractivity contribution in [2.24, 2.45) is 22.7 Å². The number of hydrogen-bond donors (Lipinski definition) is 0. The largest absolute Gasteiger partial charge is 0.294 e. The molecule has 3 saturated carbocycles. The Kier molecular flexibility index (Phi) is 4.55. The zero-order valence-corrected chi connectivity index (χ0v) is 16.8. The van der Waals surface area contributed by atoms with Crippen molar-refractivity contribution < 1.29 is 0 Å². The Labute approximate surface area is 151 Å². The van der Waals surface area contributed by atoms with Crippen LogP contribution in [-0.4, -0.2) is 23.0 Å². The first-order chi connectivity index (χ1) is 11.3. The van der Waals surface area contributed by atoms with E-state index in [9.17, 15) is 0 Å². The molecule has 1 nitrogen and oxygen atoms in total. The molecule has 1 saturated heterocycles. The number of likely N-dealkylation sites (tertiary alicyclic amines) is 1. The van der Waals surface area contributed by atoms with Gasteiger partial charge in [0.1, 0.15) is 0 Å². The Bertz CT molecular complexity index is 413. The van der Waals surface area contributed by atoms with Crippen LogP contribution < -0.4 is 0 Å². The van der Waals surface area contributed by atoms with Crippen LogP contribution in [0.1, 0.15) is 105 Å². The molecule has 1 heterocycles. The zero-order valence-electron chi connectivity index (χ0n) is 16.8. The summed E-state index contributed by atoms with van der Waals surface area (Å²) < 4.78 is 0. The topological polar surface area (TPSA) is 3.24 Å². The minimum Gasteiger partial charge on any atom is -0.294 e. The Balaban J connectivity index is 1.63. The Morgan fingerprint density at radius 2 is 1.17 bits per heavy atom. The van der Waals surface area contributed by atoms with Crippen molar-refractivity contribution in [1.82, 2.24) is 4.90 Å². The first kappa shape index (κ1) is 17.4. The predicted octanol–water partition coefficient (Wildman–Crippen LogP) is 6.41. The summed E-state index contributed by atoms with van der Waals surface area (Å²) >= 11 is 0. The molecule has 0 unspecified atom stereocenters. The minimum absolute atomic E-state index is 0.575. The summed E-state index contributed by atoms with van der Waals surface area (Å²) in [6, 6.07) is 2.74. The molecular weight excluding hydrogens is 290 g/mol. The molecule has 24 heavy (non-hydrogen) atoms. The van der Waals surface area contributed by atoms with Gasteiger partial charge < -0.3 is 0 Å². The van der Waals surface area contributed by atoms with Crippen molar-refractivity contribution in [1.29, 1.82) is 0 Å². The number of nitrogens with zero attached hydrogens (tertiary/aromatic N) is 1. The van der Waals surface area contributed by atoms with E-state index in [-0.39, 0.29) is 0 Å². The van der Waals surface area contributed by atoms with Gasteiger partial charge in [-0.15, -0.1) is 0 Å². The van der Waals surface area contributed by atoms with E-state index in [2.05, 4.69) is 32.6 Å². The van der Waals surface area contributed by atoms with E-state index in [4.69, 9.17) is 0 Å². The van der Waals surface area contributed by atoms with Gasteiger partial charge in [-0.2, -0.15) is 0 Å². The predicted molar refractivity (Wildman–Crippen MR) is 103 cm³/mol. The molecule has 4 fully saturated rings. The van der Waals surface area contributed by atoms with Crippen LogP contribution in [0, 0.1) is 22.7 Å². The van der Waals surface area contributed by atoms with E-state index in [1.807, 2.05) is 0 Å². The highest BCUT2D eigenvalue weighted by Gasteiger charge is 2.51. The maximum Gasteiger partial charge on any atom is 0.0135 e. The number of hydrogen-bond acceptors (Lipinski definition) is 1. The second kappa shape index (κ2) is 6.29. The summed E-state index contributed by atoms with van der Waals surface area (Å²) in [5.41, 5.74) is 1.15. The van der Waals surface area contributed by atoms with Crippen LogP contribution in [0.2, 0.25) is 0 Å². The third-order valence-electron chi connectivity index (χ3n) is 8.36. The highest BCUT2D eigenvalue weighted by molar-refractivity contribution is 5.04. The SMILES string of the molecule is CC1(C)CC[C@H]2C[C@@H]3CCC(C)(C)C[C@@H]3N(C3CCCCC3)[C@H]2C1. The van der Waals surface area contributed by atoms with Crippen LogP contribution >= 0.6 is 0 Å². The molecule has 0 N–H and O–H groups in total. The number of piperidine rings is 1. The van der Waals surface area contributed by atoms with Gasteiger partial charge in [-0.1, -0.05) is 47.0 Å². The van der Waals surface area contributed by atoms with E-state index in [1.54, 1.807) is 6.42 Å². The molecule has 0 aromatic heterocycles. The number of rotatable bonds is 1. The van der Waals surface area contributed by atoms with Crippen LogP contribution in [0.4, 0.5) is 0 Å². The summed E-state index contributed by atoms with van der Waals surface area (Å²) in [5, 5.41) is 0. The Morgan fingerprint density at radius 1 is 0.667 bits per heavy atom. The minimum atomic E-state index is 0.575. The van der Waals surface area contributed by atoms with E-state index in [0.717, 1.165) is 30.0 Å². The average Bonchev–Trinajstić information content (AvgIpc) is 2.52. The van der Waals surface area contributed by atoms with E-state index < -0.39 is 0 Å². The fourth-order valence-corrected chi connectivity index (χ4v) is 7.01. The molecule has 4 rings (SSSR count). The molecule has 3 aliphatic carbocycles. The van der Waals surface area contributed by atoms with Gasteiger partial charge in [0.15, 0.2) is 0 Å². The third kappa shape index (κ3) is 3.31. The van der Waals surface area contributed by atoms with Crippen molar-refractivity contribution in [2.75, 3.05) is 0 Å². The summed E-state index contributed by atoms with van der Waals surface area (Å²) in [6.07, 6.45) is 17.9. The van der Waals surface area contributed by atoms with Crippen LogP contribution in [0.15, 0.2) is 0 Å². The lowest BCUT2D eigenvalue weighted by molar-refractivity contribution is -0.106. The third-order valence-corrected chi connectivity index (χ3v) is 8.36. The molecular formula is C23H41N. The smallest absolute Gasteiger partial charge is 0.0135 e. The van der Waals surface area contributed by atoms with Gasteiger partial charge in [0, 0.05) is 18.1 Å².